The maximum Gasteiger partial charge on any atom is 0.227 e. The number of fused-ring (bicyclic) bond motifs is 12. The van der Waals surface area contributed by atoms with Crippen LogP contribution in [0.1, 0.15) is 107 Å². The molecule has 0 bridgehead atoms. The Morgan fingerprint density at radius 3 is 0.942 bits per heavy atom. The standard InChI is InChI=1S/2C28H27N2O.2C26H23N2O/c1-17(2)20-8-10-21(11-9-20)22-12-15-25(30(5)16-22)26-18(3)6-13-23-24-14-7-19(4)29-28(24)31-27(23)26;1-17(2)20-8-10-21(11-9-20)22-14-15-30(5)25(16-22)26-18(3)6-12-23-24-13-7-19(4)29-28(24)31-27(23)26;1-16-5-9-19(10-6-16)20-13-14-28(4)23(15-20)24-17(2)7-11-21-22-12-8-18(3)27-26(22)29-25(21)24;1-16-7-11-19(12-8-16)20-6-5-15-28(4)24(20)23-17(2)9-13-21-22-14-10-18(3)27-26(22)29-25(21)23/h2*6-17H,1-5H3;2*5-15H,1-4H3/q4*+1. The molecule has 0 unspecified atom stereocenters. The van der Waals surface area contributed by atoms with E-state index in [-0.39, 0.29) is 0 Å². The van der Waals surface area contributed by atoms with Crippen molar-refractivity contribution in [3.8, 4) is 89.5 Å². The maximum absolute atomic E-state index is 6.34. The first-order valence-electron chi connectivity index (χ1n) is 41.4. The minimum atomic E-state index is 0.531. The Bertz CT molecular complexity index is 7370. The predicted molar refractivity (Wildman–Crippen MR) is 490 cm³/mol. The Hall–Kier alpha value is -13.8. The van der Waals surface area contributed by atoms with Gasteiger partial charge in [0, 0.05) is 108 Å². The Kier molecular flexibility index (Phi) is 21.1. The van der Waals surface area contributed by atoms with Crippen molar-refractivity contribution in [2.75, 3.05) is 0 Å². The molecular formula is C108H100N8O4+4. The lowest BCUT2D eigenvalue weighted by molar-refractivity contribution is -0.660. The summed E-state index contributed by atoms with van der Waals surface area (Å²) in [4.78, 5) is 18.4. The van der Waals surface area contributed by atoms with E-state index in [9.17, 15) is 0 Å². The maximum atomic E-state index is 6.34. The third kappa shape index (κ3) is 15.1. The van der Waals surface area contributed by atoms with Gasteiger partial charge in [-0.15, -0.1) is 0 Å². The first-order valence-corrected chi connectivity index (χ1v) is 41.4. The highest BCUT2D eigenvalue weighted by Crippen LogP contribution is 2.44. The number of aryl methyl sites for hydroxylation is 14. The van der Waals surface area contributed by atoms with E-state index in [1.54, 1.807) is 0 Å². The van der Waals surface area contributed by atoms with Gasteiger partial charge in [-0.05, 0) is 208 Å². The van der Waals surface area contributed by atoms with Crippen molar-refractivity contribution in [3.63, 3.8) is 0 Å². The third-order valence-electron chi connectivity index (χ3n) is 23.6. The third-order valence-corrected chi connectivity index (χ3v) is 23.6. The van der Waals surface area contributed by atoms with Gasteiger partial charge >= 0.3 is 0 Å². The average molecular weight is 1570 g/mol. The van der Waals surface area contributed by atoms with E-state index < -0.39 is 0 Å². The topological polar surface area (TPSA) is 120 Å². The number of hydrogen-bond acceptors (Lipinski definition) is 8. The highest BCUT2D eigenvalue weighted by molar-refractivity contribution is 6.12. The number of hydrogen-bond donors (Lipinski definition) is 0. The van der Waals surface area contributed by atoms with Gasteiger partial charge in [0.1, 0.15) is 28.2 Å². The van der Waals surface area contributed by atoms with Gasteiger partial charge in [0.25, 0.3) is 0 Å². The lowest BCUT2D eigenvalue weighted by Crippen LogP contribution is -2.31. The summed E-state index contributed by atoms with van der Waals surface area (Å²) in [6, 6.07) is 86.5. The Labute approximate surface area is 701 Å². The number of pyridine rings is 8. The number of benzene rings is 8. The van der Waals surface area contributed by atoms with Crippen molar-refractivity contribution in [1.82, 2.24) is 19.9 Å². The molecule has 0 amide bonds. The van der Waals surface area contributed by atoms with Crippen molar-refractivity contribution in [2.45, 2.75) is 109 Å². The summed E-state index contributed by atoms with van der Waals surface area (Å²) in [6.07, 6.45) is 8.54. The second kappa shape index (κ2) is 32.2. The quantitative estimate of drug-likeness (QED) is 0.124. The van der Waals surface area contributed by atoms with Crippen molar-refractivity contribution < 1.29 is 35.9 Å². The number of nitrogens with zero attached hydrogens (tertiary/aromatic N) is 8. The molecule has 0 spiro atoms. The first-order chi connectivity index (χ1) is 57.9. The molecule has 0 aliphatic rings. The SMILES string of the molecule is Cc1ccc(-c2cc[n+](C)c(-c3c(C)ccc4c3oc3nc(C)ccc34)c2)cc1.Cc1ccc(-c2ccc[n+](C)c2-c2c(C)ccc3c2oc2nc(C)ccc23)cc1.Cc1ccc2c(n1)oc1c(-c3cc(-c4ccc(C(C)C)cc4)cc[n+]3C)c(C)ccc12.Cc1ccc2c(n1)oc1c(-c3ccc(-c4ccc(C(C)C)cc4)c[n+]3C)c(C)ccc12. The Morgan fingerprint density at radius 1 is 0.258 bits per heavy atom. The number of furan rings is 4. The van der Waals surface area contributed by atoms with Crippen LogP contribution in [0.25, 0.3) is 178 Å². The normalized spacial score (nSPS) is 11.6. The van der Waals surface area contributed by atoms with Crippen LogP contribution in [0.15, 0.2) is 285 Å². The van der Waals surface area contributed by atoms with Crippen molar-refractivity contribution in [2.24, 2.45) is 28.2 Å². The fraction of sp³-hybridized carbons (Fsp3) is 0.185. The summed E-state index contributed by atoms with van der Waals surface area (Å²) in [6.45, 7) is 29.7. The molecule has 0 saturated heterocycles. The monoisotopic (exact) mass is 1570 g/mol. The molecule has 0 atom stereocenters. The van der Waals surface area contributed by atoms with E-state index in [2.05, 4.69) is 379 Å². The smallest absolute Gasteiger partial charge is 0.227 e. The molecule has 12 aromatic heterocycles. The van der Waals surface area contributed by atoms with Crippen LogP contribution in [0, 0.1) is 69.2 Å². The van der Waals surface area contributed by atoms with E-state index in [0.29, 0.717) is 34.7 Å². The lowest BCUT2D eigenvalue weighted by Gasteiger charge is -2.11. The van der Waals surface area contributed by atoms with Crippen molar-refractivity contribution in [1.29, 1.82) is 0 Å². The zero-order valence-electron chi connectivity index (χ0n) is 71.8. The summed E-state index contributed by atoms with van der Waals surface area (Å²) in [5.74, 6) is 1.07. The van der Waals surface area contributed by atoms with Gasteiger partial charge in [0.2, 0.25) is 45.6 Å². The molecule has 0 aliphatic heterocycles. The summed E-state index contributed by atoms with van der Waals surface area (Å²) in [5, 5.41) is 8.66. The van der Waals surface area contributed by atoms with Gasteiger partial charge in [0.05, 0.1) is 27.8 Å². The summed E-state index contributed by atoms with van der Waals surface area (Å²) in [7, 11) is 8.36. The van der Waals surface area contributed by atoms with Crippen LogP contribution < -0.4 is 18.3 Å². The van der Waals surface area contributed by atoms with Crippen LogP contribution in [0.4, 0.5) is 0 Å². The van der Waals surface area contributed by atoms with Gasteiger partial charge in [-0.2, -0.15) is 0 Å². The molecule has 0 saturated carbocycles. The minimum absolute atomic E-state index is 0.531. The van der Waals surface area contributed by atoms with Gasteiger partial charge in [-0.1, -0.05) is 184 Å². The molecule has 20 rings (SSSR count). The van der Waals surface area contributed by atoms with Crippen molar-refractivity contribution >= 4 is 88.3 Å². The molecule has 12 nitrogen and oxygen atoms in total. The Balaban J connectivity index is 0.000000114. The van der Waals surface area contributed by atoms with Gasteiger partial charge in [-0.25, -0.2) is 38.2 Å². The highest BCUT2D eigenvalue weighted by atomic mass is 16.4. The van der Waals surface area contributed by atoms with Gasteiger partial charge < -0.3 is 17.7 Å². The fourth-order valence-electron chi connectivity index (χ4n) is 16.7. The first kappa shape index (κ1) is 78.7. The predicted octanol–water partition coefficient (Wildman–Crippen LogP) is 25.9. The molecule has 592 valence electrons. The van der Waals surface area contributed by atoms with E-state index in [1.807, 2.05) is 52.0 Å². The van der Waals surface area contributed by atoms with Crippen LogP contribution in [-0.2, 0) is 28.2 Å². The molecule has 20 aromatic rings. The molecule has 8 aromatic carbocycles. The van der Waals surface area contributed by atoms with Crippen LogP contribution in [-0.4, -0.2) is 19.9 Å². The second-order valence-corrected chi connectivity index (χ2v) is 33.1. The minimum Gasteiger partial charge on any atom is -0.437 e. The van der Waals surface area contributed by atoms with Crippen LogP contribution >= 0.6 is 0 Å². The van der Waals surface area contributed by atoms with Crippen LogP contribution in [0.2, 0.25) is 0 Å². The molecule has 0 N–H and O–H groups in total. The molecule has 0 fully saturated rings. The van der Waals surface area contributed by atoms with Crippen molar-refractivity contribution in [3.05, 3.63) is 335 Å². The second-order valence-electron chi connectivity index (χ2n) is 33.1. The largest absolute Gasteiger partial charge is 0.437 e. The lowest BCUT2D eigenvalue weighted by atomic mass is 9.94. The molecule has 0 radical (unpaired) electrons. The van der Waals surface area contributed by atoms with E-state index in [4.69, 9.17) is 17.7 Å². The van der Waals surface area contributed by atoms with E-state index in [1.165, 1.54) is 89.0 Å². The Morgan fingerprint density at radius 2 is 0.575 bits per heavy atom. The van der Waals surface area contributed by atoms with Gasteiger partial charge in [0.15, 0.2) is 47.1 Å². The van der Waals surface area contributed by atoms with E-state index >= 15 is 0 Å². The average Bonchev–Trinajstić information content (AvgIpc) is 1.59. The van der Waals surface area contributed by atoms with Gasteiger partial charge in [-0.3, -0.25) is 0 Å². The molecular weight excluding hydrogens is 1470 g/mol. The molecule has 120 heavy (non-hydrogen) atoms. The van der Waals surface area contributed by atoms with Crippen LogP contribution in [0.5, 0.6) is 0 Å². The molecule has 12 heterocycles. The zero-order chi connectivity index (χ0) is 83.6. The van der Waals surface area contributed by atoms with Crippen LogP contribution in [0.3, 0.4) is 0 Å². The summed E-state index contributed by atoms with van der Waals surface area (Å²) >= 11 is 0. The van der Waals surface area contributed by atoms with E-state index in [0.717, 1.165) is 133 Å². The highest BCUT2D eigenvalue weighted by Gasteiger charge is 2.29. The summed E-state index contributed by atoms with van der Waals surface area (Å²) in [5.41, 5.74) is 38.9. The molecule has 12 heteroatoms. The zero-order valence-corrected chi connectivity index (χ0v) is 71.8. The number of rotatable bonds is 10. The molecule has 0 aliphatic carbocycles. The summed E-state index contributed by atoms with van der Waals surface area (Å²) < 4.78 is 33.9. The fourth-order valence-corrected chi connectivity index (χ4v) is 16.7. The number of aromatic nitrogens is 8.